The number of nitro benzene ring substituents is 1. The van der Waals surface area contributed by atoms with E-state index in [1.165, 1.54) is 22.7 Å². The van der Waals surface area contributed by atoms with Crippen molar-refractivity contribution in [3.05, 3.63) is 51.2 Å². The maximum atomic E-state index is 12.8. The Morgan fingerprint density at radius 2 is 2.04 bits per heavy atom. The monoisotopic (exact) mass is 389 g/mol. The highest BCUT2D eigenvalue weighted by Gasteiger charge is 2.48. The minimum absolute atomic E-state index is 0.143. The predicted octanol–water partition coefficient (Wildman–Crippen LogP) is 3.20. The van der Waals surface area contributed by atoms with Crippen molar-refractivity contribution in [2.75, 3.05) is 0 Å². The van der Waals surface area contributed by atoms with Gasteiger partial charge in [-0.1, -0.05) is 23.9 Å². The van der Waals surface area contributed by atoms with Crippen LogP contribution in [0.15, 0.2) is 40.5 Å². The van der Waals surface area contributed by atoms with Crippen molar-refractivity contribution < 1.29 is 19.2 Å². The predicted molar refractivity (Wildman–Crippen MR) is 101 cm³/mol. The van der Waals surface area contributed by atoms with Crippen molar-refractivity contribution in [1.29, 1.82) is 0 Å². The van der Waals surface area contributed by atoms with Crippen molar-refractivity contribution >= 4 is 34.5 Å². The number of allylic oxidation sites excluding steroid dienone is 1. The van der Waals surface area contributed by atoms with E-state index in [9.17, 15) is 19.7 Å². The SMILES string of the molecule is CC1=C(C(=O)OC(C)C)[C@H](c2ccccc2[N+](=O)[O-])N2C(=O)[C@H](C)SC2=N1. The van der Waals surface area contributed by atoms with E-state index in [1.807, 2.05) is 0 Å². The van der Waals surface area contributed by atoms with Crippen molar-refractivity contribution in [1.82, 2.24) is 4.90 Å². The van der Waals surface area contributed by atoms with Crippen LogP contribution in [0.1, 0.15) is 39.3 Å². The number of carbonyl (C=O) groups is 2. The normalized spacial score (nSPS) is 22.0. The largest absolute Gasteiger partial charge is 0.459 e. The molecular weight excluding hydrogens is 370 g/mol. The van der Waals surface area contributed by atoms with Gasteiger partial charge in [-0.25, -0.2) is 9.79 Å². The van der Waals surface area contributed by atoms with Gasteiger partial charge in [-0.3, -0.25) is 19.8 Å². The van der Waals surface area contributed by atoms with Gasteiger partial charge in [0.1, 0.15) is 6.04 Å². The summed E-state index contributed by atoms with van der Waals surface area (Å²) in [5, 5.41) is 11.6. The van der Waals surface area contributed by atoms with E-state index in [4.69, 9.17) is 4.74 Å². The number of ether oxygens (including phenoxy) is 1. The average molecular weight is 389 g/mol. The lowest BCUT2D eigenvalue weighted by molar-refractivity contribution is -0.385. The fourth-order valence-electron chi connectivity index (χ4n) is 3.12. The molecule has 0 bridgehead atoms. The fraction of sp³-hybridized carbons (Fsp3) is 0.389. The summed E-state index contributed by atoms with van der Waals surface area (Å²) in [6, 6.07) is 5.16. The highest BCUT2D eigenvalue weighted by atomic mass is 32.2. The van der Waals surface area contributed by atoms with E-state index in [1.54, 1.807) is 45.9 Å². The van der Waals surface area contributed by atoms with Gasteiger partial charge in [0.2, 0.25) is 5.91 Å². The maximum absolute atomic E-state index is 12.8. The minimum atomic E-state index is -0.949. The van der Waals surface area contributed by atoms with Gasteiger partial charge in [-0.15, -0.1) is 0 Å². The van der Waals surface area contributed by atoms with Crippen LogP contribution >= 0.6 is 11.8 Å². The summed E-state index contributed by atoms with van der Waals surface area (Å²) in [5.74, 6) is -0.880. The Hall–Kier alpha value is -2.68. The number of thioether (sulfide) groups is 1. The summed E-state index contributed by atoms with van der Waals surface area (Å²) < 4.78 is 5.34. The smallest absolute Gasteiger partial charge is 0.338 e. The zero-order valence-electron chi connectivity index (χ0n) is 15.3. The quantitative estimate of drug-likeness (QED) is 0.445. The molecule has 0 aliphatic carbocycles. The zero-order chi connectivity index (χ0) is 19.9. The molecule has 1 fully saturated rings. The fourth-order valence-corrected chi connectivity index (χ4v) is 4.15. The van der Waals surface area contributed by atoms with E-state index in [-0.39, 0.29) is 34.1 Å². The molecule has 1 amide bonds. The van der Waals surface area contributed by atoms with Crippen LogP contribution in [-0.2, 0) is 14.3 Å². The highest BCUT2D eigenvalue weighted by Crippen LogP contribution is 2.45. The Morgan fingerprint density at radius 3 is 2.67 bits per heavy atom. The van der Waals surface area contributed by atoms with Gasteiger partial charge >= 0.3 is 5.97 Å². The Kier molecular flexibility index (Phi) is 5.05. The van der Waals surface area contributed by atoms with Crippen LogP contribution in [-0.4, -0.2) is 38.2 Å². The van der Waals surface area contributed by atoms with E-state index in [0.717, 1.165) is 0 Å². The minimum Gasteiger partial charge on any atom is -0.459 e. The molecule has 2 aliphatic rings. The van der Waals surface area contributed by atoms with Crippen molar-refractivity contribution in [2.45, 2.75) is 45.1 Å². The number of hydrogen-bond acceptors (Lipinski definition) is 7. The van der Waals surface area contributed by atoms with Gasteiger partial charge in [0, 0.05) is 6.07 Å². The third-order valence-electron chi connectivity index (χ3n) is 4.25. The number of para-hydroxylation sites is 1. The number of fused-ring (bicyclic) bond motifs is 1. The second-order valence-electron chi connectivity index (χ2n) is 6.53. The number of aliphatic imine (C=N–C) groups is 1. The molecule has 27 heavy (non-hydrogen) atoms. The number of rotatable bonds is 4. The molecule has 0 radical (unpaired) electrons. The molecule has 8 nitrogen and oxygen atoms in total. The number of hydrogen-bond donors (Lipinski definition) is 0. The molecule has 0 aromatic heterocycles. The van der Waals surface area contributed by atoms with Crippen LogP contribution in [0.3, 0.4) is 0 Å². The number of benzene rings is 1. The topological polar surface area (TPSA) is 102 Å². The molecule has 2 aliphatic heterocycles. The lowest BCUT2D eigenvalue weighted by Crippen LogP contribution is -2.41. The molecule has 0 saturated carbocycles. The van der Waals surface area contributed by atoms with Gasteiger partial charge in [0.25, 0.3) is 5.69 Å². The third-order valence-corrected chi connectivity index (χ3v) is 5.30. The summed E-state index contributed by atoms with van der Waals surface area (Å²) in [4.78, 5) is 42.4. The number of carbonyl (C=O) groups excluding carboxylic acids is 2. The molecule has 1 aromatic carbocycles. The Morgan fingerprint density at radius 1 is 1.37 bits per heavy atom. The van der Waals surface area contributed by atoms with Gasteiger partial charge in [-0.05, 0) is 33.8 Å². The summed E-state index contributed by atoms with van der Waals surface area (Å²) in [6.45, 7) is 6.82. The molecular formula is C18H19N3O5S. The van der Waals surface area contributed by atoms with Gasteiger partial charge in [-0.2, -0.15) is 0 Å². The van der Waals surface area contributed by atoms with E-state index in [0.29, 0.717) is 10.9 Å². The molecule has 142 valence electrons. The van der Waals surface area contributed by atoms with Crippen molar-refractivity contribution in [2.24, 2.45) is 4.99 Å². The van der Waals surface area contributed by atoms with E-state index < -0.39 is 16.9 Å². The molecule has 9 heteroatoms. The number of nitro groups is 1. The Bertz CT molecular complexity index is 893. The summed E-state index contributed by atoms with van der Waals surface area (Å²) in [6.07, 6.45) is -0.378. The number of nitrogens with zero attached hydrogens (tertiary/aromatic N) is 3. The van der Waals surface area contributed by atoms with Crippen LogP contribution < -0.4 is 0 Å². The van der Waals surface area contributed by atoms with Gasteiger partial charge < -0.3 is 4.74 Å². The number of esters is 1. The Balaban J connectivity index is 2.22. The van der Waals surface area contributed by atoms with Crippen LogP contribution in [0, 0.1) is 10.1 Å². The van der Waals surface area contributed by atoms with E-state index >= 15 is 0 Å². The molecule has 0 spiro atoms. The standard InChI is InChI=1S/C18H19N3O5S/c1-9(2)26-17(23)14-10(3)19-18-20(16(22)11(4)27-18)15(14)12-7-5-6-8-13(12)21(24)25/h5-9,11,15H,1-4H3/t11-,15-/m0/s1. The second kappa shape index (κ2) is 7.15. The lowest BCUT2D eigenvalue weighted by Gasteiger charge is -2.32. The first-order chi connectivity index (χ1) is 12.7. The average Bonchev–Trinajstić information content (AvgIpc) is 2.86. The first kappa shape index (κ1) is 19.1. The second-order valence-corrected chi connectivity index (χ2v) is 7.84. The van der Waals surface area contributed by atoms with Crippen LogP contribution in [0.4, 0.5) is 5.69 Å². The Labute approximate surface area is 160 Å². The molecule has 2 heterocycles. The van der Waals surface area contributed by atoms with Crippen LogP contribution in [0.5, 0.6) is 0 Å². The van der Waals surface area contributed by atoms with Crippen LogP contribution in [0.2, 0.25) is 0 Å². The van der Waals surface area contributed by atoms with Gasteiger partial charge in [0.05, 0.1) is 33.1 Å². The highest BCUT2D eigenvalue weighted by molar-refractivity contribution is 8.15. The first-order valence-corrected chi connectivity index (χ1v) is 9.33. The van der Waals surface area contributed by atoms with Crippen LogP contribution in [0.25, 0.3) is 0 Å². The molecule has 0 N–H and O–H groups in total. The molecule has 0 unspecified atom stereocenters. The van der Waals surface area contributed by atoms with Crippen molar-refractivity contribution in [3.63, 3.8) is 0 Å². The summed E-state index contributed by atoms with van der Waals surface area (Å²) in [5.41, 5.74) is 0.631. The summed E-state index contributed by atoms with van der Waals surface area (Å²) in [7, 11) is 0. The molecule has 1 saturated heterocycles. The number of amides is 1. The molecule has 2 atom stereocenters. The van der Waals surface area contributed by atoms with Gasteiger partial charge in [0.15, 0.2) is 5.17 Å². The number of amidine groups is 1. The molecule has 1 aromatic rings. The lowest BCUT2D eigenvalue weighted by atomic mass is 9.93. The molecule has 3 rings (SSSR count). The zero-order valence-corrected chi connectivity index (χ0v) is 16.1. The first-order valence-electron chi connectivity index (χ1n) is 8.45. The summed E-state index contributed by atoms with van der Waals surface area (Å²) >= 11 is 1.27. The van der Waals surface area contributed by atoms with E-state index in [2.05, 4.69) is 4.99 Å². The van der Waals surface area contributed by atoms with Crippen molar-refractivity contribution in [3.8, 4) is 0 Å². The third kappa shape index (κ3) is 3.34. The maximum Gasteiger partial charge on any atom is 0.338 e.